The maximum absolute atomic E-state index is 13.5. The normalized spacial score (nSPS) is 29.0. The summed E-state index contributed by atoms with van der Waals surface area (Å²) in [7, 11) is 0. The highest BCUT2D eigenvalue weighted by atomic mass is 19.1. The molecular formula is C25H21F2NO4. The van der Waals surface area contributed by atoms with Gasteiger partial charge in [0.05, 0.1) is 31.0 Å². The second-order valence-electron chi connectivity index (χ2n) is 8.85. The van der Waals surface area contributed by atoms with Gasteiger partial charge in [-0.1, -0.05) is 6.07 Å². The van der Waals surface area contributed by atoms with E-state index in [1.54, 1.807) is 6.26 Å². The van der Waals surface area contributed by atoms with Gasteiger partial charge in [0.1, 0.15) is 30.1 Å². The molecule has 2 heterocycles. The smallest absolute Gasteiger partial charge is 0.194 e. The Bertz CT molecular complexity index is 1150. The summed E-state index contributed by atoms with van der Waals surface area (Å²) >= 11 is 0. The van der Waals surface area contributed by atoms with E-state index in [0.717, 1.165) is 22.8 Å². The Morgan fingerprint density at radius 3 is 2.59 bits per heavy atom. The van der Waals surface area contributed by atoms with Gasteiger partial charge in [0.15, 0.2) is 5.79 Å². The first-order valence-corrected chi connectivity index (χ1v) is 10.8. The molecule has 0 bridgehead atoms. The molecule has 4 aliphatic rings. The largest absolute Gasteiger partial charge is 0.497 e. The van der Waals surface area contributed by atoms with Gasteiger partial charge in [-0.05, 0) is 47.4 Å². The quantitative estimate of drug-likeness (QED) is 0.717. The van der Waals surface area contributed by atoms with E-state index in [2.05, 4.69) is 6.07 Å². The number of halogens is 2. The van der Waals surface area contributed by atoms with E-state index in [-0.39, 0.29) is 18.6 Å². The SMILES string of the molecule is N#C[C@]12CCC3(OCCO3)C3=CO[C@H](Cc4cc(OCc5cc(F)cc(F)c5)ccc41)[C@@H]32. The topological polar surface area (TPSA) is 60.7 Å². The van der Waals surface area contributed by atoms with Crippen LogP contribution >= 0.6 is 0 Å². The fourth-order valence-corrected chi connectivity index (χ4v) is 5.85. The zero-order valence-electron chi connectivity index (χ0n) is 17.3. The van der Waals surface area contributed by atoms with Crippen molar-refractivity contribution in [2.75, 3.05) is 13.2 Å². The molecule has 0 radical (unpaired) electrons. The molecule has 0 unspecified atom stereocenters. The van der Waals surface area contributed by atoms with Crippen molar-refractivity contribution in [2.24, 2.45) is 5.92 Å². The van der Waals surface area contributed by atoms with Crippen LogP contribution in [0.1, 0.15) is 29.5 Å². The van der Waals surface area contributed by atoms with Crippen LogP contribution in [0.15, 0.2) is 48.2 Å². The van der Waals surface area contributed by atoms with Crippen molar-refractivity contribution in [3.63, 3.8) is 0 Å². The van der Waals surface area contributed by atoms with E-state index >= 15 is 0 Å². The zero-order valence-corrected chi connectivity index (χ0v) is 17.3. The predicted molar refractivity (Wildman–Crippen MR) is 108 cm³/mol. The molecule has 0 aromatic heterocycles. The third-order valence-corrected chi connectivity index (χ3v) is 7.16. The molecule has 2 aromatic rings. The average molecular weight is 437 g/mol. The Balaban J connectivity index is 1.31. The third kappa shape index (κ3) is 2.79. The lowest BCUT2D eigenvalue weighted by Crippen LogP contribution is -2.54. The Morgan fingerprint density at radius 2 is 1.84 bits per heavy atom. The fraction of sp³-hybridized carbons (Fsp3) is 0.400. The van der Waals surface area contributed by atoms with E-state index in [1.807, 2.05) is 18.2 Å². The molecule has 5 nitrogen and oxygen atoms in total. The molecule has 1 saturated heterocycles. The number of ether oxygens (including phenoxy) is 4. The fourth-order valence-electron chi connectivity index (χ4n) is 5.85. The molecule has 2 fully saturated rings. The van der Waals surface area contributed by atoms with E-state index in [1.165, 1.54) is 12.1 Å². The van der Waals surface area contributed by atoms with Crippen LogP contribution in [0.5, 0.6) is 5.75 Å². The van der Waals surface area contributed by atoms with Crippen LogP contribution < -0.4 is 4.74 Å². The summed E-state index contributed by atoms with van der Waals surface area (Å²) in [4.78, 5) is 0. The third-order valence-electron chi connectivity index (χ3n) is 7.16. The molecule has 2 aliphatic carbocycles. The van der Waals surface area contributed by atoms with Crippen LogP contribution in [0.3, 0.4) is 0 Å². The predicted octanol–water partition coefficient (Wildman–Crippen LogP) is 4.30. The van der Waals surface area contributed by atoms with Gasteiger partial charge >= 0.3 is 0 Å². The number of hydrogen-bond acceptors (Lipinski definition) is 5. The average Bonchev–Trinajstić information content (AvgIpc) is 3.43. The molecule has 2 aliphatic heterocycles. The minimum absolute atomic E-state index is 0.0440. The summed E-state index contributed by atoms with van der Waals surface area (Å²) in [5.74, 6) is -1.57. The molecule has 1 saturated carbocycles. The summed E-state index contributed by atoms with van der Waals surface area (Å²) in [6.45, 7) is 1.13. The Hall–Kier alpha value is -2.95. The van der Waals surface area contributed by atoms with Crippen LogP contribution in [0.2, 0.25) is 0 Å². The van der Waals surface area contributed by atoms with Crippen molar-refractivity contribution >= 4 is 0 Å². The zero-order chi connectivity index (χ0) is 21.9. The summed E-state index contributed by atoms with van der Waals surface area (Å²) in [5, 5.41) is 10.4. The van der Waals surface area contributed by atoms with Crippen LogP contribution in [-0.4, -0.2) is 25.1 Å². The van der Waals surface area contributed by atoms with E-state index in [0.29, 0.717) is 43.8 Å². The molecule has 164 valence electrons. The number of benzene rings is 2. The molecule has 1 spiro atoms. The summed E-state index contributed by atoms with van der Waals surface area (Å²) < 4.78 is 50.7. The second-order valence-corrected chi connectivity index (χ2v) is 8.85. The molecule has 6 rings (SSSR count). The van der Waals surface area contributed by atoms with Crippen molar-refractivity contribution < 1.29 is 27.7 Å². The molecule has 3 atom stereocenters. The molecule has 0 N–H and O–H groups in total. The number of nitriles is 1. The number of nitrogens with zero attached hydrogens (tertiary/aromatic N) is 1. The van der Waals surface area contributed by atoms with Crippen molar-refractivity contribution in [1.29, 1.82) is 5.26 Å². The van der Waals surface area contributed by atoms with Gasteiger partial charge in [-0.2, -0.15) is 5.26 Å². The second kappa shape index (κ2) is 7.03. The van der Waals surface area contributed by atoms with E-state index in [9.17, 15) is 14.0 Å². The van der Waals surface area contributed by atoms with E-state index < -0.39 is 22.8 Å². The van der Waals surface area contributed by atoms with Gasteiger partial charge < -0.3 is 18.9 Å². The van der Waals surface area contributed by atoms with Crippen LogP contribution in [0.25, 0.3) is 0 Å². The first kappa shape index (κ1) is 19.7. The Kier molecular flexibility index (Phi) is 4.33. The molecule has 7 heteroatoms. The number of hydrogen-bond donors (Lipinski definition) is 0. The minimum Gasteiger partial charge on any atom is -0.497 e. The number of rotatable bonds is 3. The Labute approximate surface area is 184 Å². The first-order valence-electron chi connectivity index (χ1n) is 10.8. The molecule has 2 aromatic carbocycles. The molecule has 0 amide bonds. The lowest BCUT2D eigenvalue weighted by atomic mass is 9.55. The van der Waals surface area contributed by atoms with Gasteiger partial charge in [0.2, 0.25) is 0 Å². The molecule has 32 heavy (non-hydrogen) atoms. The first-order chi connectivity index (χ1) is 15.5. The van der Waals surface area contributed by atoms with Crippen LogP contribution in [0, 0.1) is 28.9 Å². The van der Waals surface area contributed by atoms with Crippen molar-refractivity contribution in [3.8, 4) is 11.8 Å². The van der Waals surface area contributed by atoms with E-state index in [4.69, 9.17) is 18.9 Å². The minimum atomic E-state index is -0.763. The summed E-state index contributed by atoms with van der Waals surface area (Å²) in [6, 6.07) is 11.6. The van der Waals surface area contributed by atoms with Crippen molar-refractivity contribution in [1.82, 2.24) is 0 Å². The van der Waals surface area contributed by atoms with Gasteiger partial charge in [-0.15, -0.1) is 0 Å². The van der Waals surface area contributed by atoms with Gasteiger partial charge in [-0.25, -0.2) is 8.78 Å². The van der Waals surface area contributed by atoms with Gasteiger partial charge in [-0.3, -0.25) is 0 Å². The summed E-state index contributed by atoms with van der Waals surface area (Å²) in [6.07, 6.45) is 3.41. The Morgan fingerprint density at radius 1 is 1.06 bits per heavy atom. The maximum Gasteiger partial charge on any atom is 0.194 e. The summed E-state index contributed by atoms with van der Waals surface area (Å²) in [5.41, 5.74) is 2.61. The lowest BCUT2D eigenvalue weighted by molar-refractivity contribution is -0.154. The van der Waals surface area contributed by atoms with Crippen LogP contribution in [0.4, 0.5) is 8.78 Å². The van der Waals surface area contributed by atoms with Crippen LogP contribution in [-0.2, 0) is 32.7 Å². The lowest BCUT2D eigenvalue weighted by Gasteiger charge is -2.49. The van der Waals surface area contributed by atoms with Crippen molar-refractivity contribution in [2.45, 2.75) is 43.2 Å². The maximum atomic E-state index is 13.5. The number of fused-ring (bicyclic) bond motifs is 3. The standard InChI is InChI=1S/C25H21F2NO4/c26-17-7-15(8-18(27)11-17)12-29-19-1-2-20-16(9-19)10-22-23-21(13-30-22)25(31-5-6-32-25)4-3-24(20,23)14-28/h1-2,7-9,11,13,22-23H,3-6,10,12H2/t22-,23-,24-/m1/s1. The molecular weight excluding hydrogens is 416 g/mol. The van der Waals surface area contributed by atoms with Gasteiger partial charge in [0, 0.05) is 30.4 Å². The van der Waals surface area contributed by atoms with Gasteiger partial charge in [0.25, 0.3) is 0 Å². The highest BCUT2D eigenvalue weighted by Crippen LogP contribution is 2.59. The highest BCUT2D eigenvalue weighted by Gasteiger charge is 2.63. The van der Waals surface area contributed by atoms with Crippen molar-refractivity contribution in [3.05, 3.63) is 76.6 Å². The monoisotopic (exact) mass is 437 g/mol. The highest BCUT2D eigenvalue weighted by molar-refractivity contribution is 5.52.